The van der Waals surface area contributed by atoms with Gasteiger partial charge in [0.2, 0.25) is 5.89 Å². The number of hydrogen-bond acceptors (Lipinski definition) is 4. The van der Waals surface area contributed by atoms with Gasteiger partial charge in [-0.15, -0.1) is 11.6 Å². The first-order chi connectivity index (χ1) is 9.26. The summed E-state index contributed by atoms with van der Waals surface area (Å²) in [7, 11) is 0. The van der Waals surface area contributed by atoms with Crippen molar-refractivity contribution in [1.82, 2.24) is 10.1 Å². The number of aromatic nitrogens is 2. The molecule has 0 amide bonds. The summed E-state index contributed by atoms with van der Waals surface area (Å²) in [5, 5.41) is 4.66. The van der Waals surface area contributed by atoms with Crippen molar-refractivity contribution in [3.63, 3.8) is 0 Å². The summed E-state index contributed by atoms with van der Waals surface area (Å²) in [5.41, 5.74) is 1.12. The number of benzene rings is 1. The molecule has 0 unspecified atom stereocenters. The van der Waals surface area contributed by atoms with E-state index in [0.29, 0.717) is 18.3 Å². The fourth-order valence-corrected chi connectivity index (χ4v) is 2.44. The fourth-order valence-electron chi connectivity index (χ4n) is 2.20. The second-order valence-corrected chi connectivity index (χ2v) is 5.19. The molecule has 0 saturated carbocycles. The van der Waals surface area contributed by atoms with E-state index in [4.69, 9.17) is 32.5 Å². The smallest absolute Gasteiger partial charge is 0.241 e. The van der Waals surface area contributed by atoms with Crippen molar-refractivity contribution in [1.29, 1.82) is 0 Å². The van der Waals surface area contributed by atoms with Gasteiger partial charge >= 0.3 is 0 Å². The third kappa shape index (κ3) is 2.76. The van der Waals surface area contributed by atoms with Crippen molar-refractivity contribution in [2.75, 3.05) is 6.61 Å². The van der Waals surface area contributed by atoms with E-state index < -0.39 is 0 Å². The average Bonchev–Trinajstić information content (AvgIpc) is 3.08. The molecule has 0 radical (unpaired) electrons. The van der Waals surface area contributed by atoms with E-state index in [9.17, 15) is 0 Å². The number of rotatable bonds is 3. The lowest BCUT2D eigenvalue weighted by atomic mass is 10.0. The quantitative estimate of drug-likeness (QED) is 0.811. The van der Waals surface area contributed by atoms with Crippen LogP contribution >= 0.6 is 23.2 Å². The SMILES string of the molecule is ClCc1nc([C@@H]2CO[C@@H](c3ccc(Cl)cc3)C2)no1. The van der Waals surface area contributed by atoms with Crippen LogP contribution in [0, 0.1) is 0 Å². The van der Waals surface area contributed by atoms with Crippen LogP contribution in [-0.2, 0) is 10.6 Å². The summed E-state index contributed by atoms with van der Waals surface area (Å²) in [4.78, 5) is 4.24. The van der Waals surface area contributed by atoms with E-state index in [1.165, 1.54) is 0 Å². The average molecular weight is 299 g/mol. The topological polar surface area (TPSA) is 48.2 Å². The lowest BCUT2D eigenvalue weighted by molar-refractivity contribution is 0.110. The standard InChI is InChI=1S/C13H12Cl2N2O2/c14-6-12-16-13(17-19-12)9-5-11(18-7-9)8-1-3-10(15)4-2-8/h1-4,9,11H,5-7H2/t9-,11+/m0/s1. The lowest BCUT2D eigenvalue weighted by Gasteiger charge is -2.09. The zero-order valence-electron chi connectivity index (χ0n) is 10.1. The molecule has 6 heteroatoms. The van der Waals surface area contributed by atoms with Gasteiger partial charge in [-0.05, 0) is 24.1 Å². The molecule has 19 heavy (non-hydrogen) atoms. The Morgan fingerprint density at radius 3 is 2.74 bits per heavy atom. The Hall–Kier alpha value is -1.10. The molecule has 0 N–H and O–H groups in total. The van der Waals surface area contributed by atoms with Crippen molar-refractivity contribution in [3.05, 3.63) is 46.6 Å². The number of hydrogen-bond donors (Lipinski definition) is 0. The van der Waals surface area contributed by atoms with Crippen LogP contribution in [0.5, 0.6) is 0 Å². The van der Waals surface area contributed by atoms with E-state index in [1.54, 1.807) is 0 Å². The van der Waals surface area contributed by atoms with Gasteiger partial charge in [0.05, 0.1) is 12.7 Å². The minimum absolute atomic E-state index is 0.0558. The first-order valence-electron chi connectivity index (χ1n) is 6.02. The number of nitrogens with zero attached hydrogens (tertiary/aromatic N) is 2. The Labute approximate surface area is 120 Å². The molecule has 1 fully saturated rings. The number of alkyl halides is 1. The Morgan fingerprint density at radius 1 is 1.26 bits per heavy atom. The maximum absolute atomic E-state index is 5.88. The molecule has 1 aliphatic heterocycles. The van der Waals surface area contributed by atoms with E-state index in [-0.39, 0.29) is 17.9 Å². The Morgan fingerprint density at radius 2 is 2.05 bits per heavy atom. The van der Waals surface area contributed by atoms with Crippen LogP contribution in [0.1, 0.15) is 35.7 Å². The zero-order chi connectivity index (χ0) is 13.2. The van der Waals surface area contributed by atoms with Crippen molar-refractivity contribution in [2.24, 2.45) is 0 Å². The largest absolute Gasteiger partial charge is 0.373 e. The number of ether oxygens (including phenoxy) is 1. The van der Waals surface area contributed by atoms with E-state index in [0.717, 1.165) is 17.0 Å². The molecular formula is C13H12Cl2N2O2. The molecular weight excluding hydrogens is 287 g/mol. The molecule has 2 heterocycles. The van der Waals surface area contributed by atoms with Crippen molar-refractivity contribution in [3.8, 4) is 0 Å². The summed E-state index contributed by atoms with van der Waals surface area (Å²) in [5.74, 6) is 1.52. The highest BCUT2D eigenvalue weighted by Gasteiger charge is 2.31. The molecule has 100 valence electrons. The zero-order valence-corrected chi connectivity index (χ0v) is 11.6. The highest BCUT2D eigenvalue weighted by Crippen LogP contribution is 2.37. The molecule has 2 aromatic rings. The molecule has 1 aromatic heterocycles. The highest BCUT2D eigenvalue weighted by atomic mass is 35.5. The minimum Gasteiger partial charge on any atom is -0.373 e. The van der Waals surface area contributed by atoms with Gasteiger partial charge in [0, 0.05) is 10.9 Å². The van der Waals surface area contributed by atoms with E-state index >= 15 is 0 Å². The van der Waals surface area contributed by atoms with Gasteiger partial charge in [0.15, 0.2) is 5.82 Å². The Balaban J connectivity index is 1.71. The first-order valence-corrected chi connectivity index (χ1v) is 6.93. The summed E-state index contributed by atoms with van der Waals surface area (Å²) in [6.45, 7) is 0.592. The van der Waals surface area contributed by atoms with Gasteiger partial charge in [-0.1, -0.05) is 28.9 Å². The maximum atomic E-state index is 5.88. The molecule has 1 aromatic carbocycles. The van der Waals surface area contributed by atoms with Crippen LogP contribution in [0.3, 0.4) is 0 Å². The molecule has 4 nitrogen and oxygen atoms in total. The second-order valence-electron chi connectivity index (χ2n) is 4.49. The molecule has 0 bridgehead atoms. The molecule has 0 spiro atoms. The van der Waals surface area contributed by atoms with Crippen LogP contribution in [-0.4, -0.2) is 16.7 Å². The monoisotopic (exact) mass is 298 g/mol. The van der Waals surface area contributed by atoms with E-state index in [1.807, 2.05) is 24.3 Å². The maximum Gasteiger partial charge on any atom is 0.241 e. The summed E-state index contributed by atoms with van der Waals surface area (Å²) >= 11 is 11.5. The fraction of sp³-hybridized carbons (Fsp3) is 0.385. The Bertz CT molecular complexity index is 556. The highest BCUT2D eigenvalue weighted by molar-refractivity contribution is 6.30. The predicted molar refractivity (Wildman–Crippen MR) is 71.4 cm³/mol. The third-order valence-corrected chi connectivity index (χ3v) is 3.68. The summed E-state index contributed by atoms with van der Waals surface area (Å²) in [6, 6.07) is 7.70. The number of halogens is 2. The van der Waals surface area contributed by atoms with Crippen molar-refractivity contribution >= 4 is 23.2 Å². The van der Waals surface area contributed by atoms with Gasteiger partial charge in [0.25, 0.3) is 0 Å². The molecule has 2 atom stereocenters. The minimum atomic E-state index is 0.0558. The normalized spacial score (nSPS) is 22.8. The van der Waals surface area contributed by atoms with Crippen molar-refractivity contribution in [2.45, 2.75) is 24.3 Å². The second kappa shape index (κ2) is 5.49. The van der Waals surface area contributed by atoms with E-state index in [2.05, 4.69) is 10.1 Å². The summed E-state index contributed by atoms with van der Waals surface area (Å²) < 4.78 is 10.8. The van der Waals surface area contributed by atoms with Crippen LogP contribution in [0.4, 0.5) is 0 Å². The van der Waals surface area contributed by atoms with Crippen LogP contribution < -0.4 is 0 Å². The summed E-state index contributed by atoms with van der Waals surface area (Å²) in [6.07, 6.45) is 0.892. The van der Waals surface area contributed by atoms with Crippen LogP contribution in [0.2, 0.25) is 5.02 Å². The van der Waals surface area contributed by atoms with Gasteiger partial charge in [-0.3, -0.25) is 0 Å². The van der Waals surface area contributed by atoms with Crippen LogP contribution in [0.15, 0.2) is 28.8 Å². The van der Waals surface area contributed by atoms with Gasteiger partial charge in [-0.2, -0.15) is 4.98 Å². The Kier molecular flexibility index (Phi) is 3.73. The van der Waals surface area contributed by atoms with Gasteiger partial charge in [0.1, 0.15) is 5.88 Å². The molecule has 1 aliphatic rings. The van der Waals surface area contributed by atoms with Gasteiger partial charge in [-0.25, -0.2) is 0 Å². The molecule has 0 aliphatic carbocycles. The first kappa shape index (κ1) is 12.9. The van der Waals surface area contributed by atoms with Crippen molar-refractivity contribution < 1.29 is 9.26 Å². The molecule has 1 saturated heterocycles. The third-order valence-electron chi connectivity index (χ3n) is 3.20. The van der Waals surface area contributed by atoms with Gasteiger partial charge < -0.3 is 9.26 Å². The molecule has 3 rings (SSSR count). The predicted octanol–water partition coefficient (Wildman–Crippen LogP) is 3.71. The lowest BCUT2D eigenvalue weighted by Crippen LogP contribution is -2.00. The van der Waals surface area contributed by atoms with Crippen LogP contribution in [0.25, 0.3) is 0 Å².